The molecule has 0 aliphatic carbocycles. The number of nitrogens with zero attached hydrogens (tertiary/aromatic N) is 5. The third kappa shape index (κ3) is 5.03. The first kappa shape index (κ1) is 33.6. The van der Waals surface area contributed by atoms with E-state index in [1.54, 1.807) is 11.3 Å². The quantitative estimate of drug-likeness (QED) is 0.174. The van der Waals surface area contributed by atoms with Gasteiger partial charge in [-0.15, -0.1) is 11.3 Å². The fourth-order valence-electron chi connectivity index (χ4n) is 9.10. The van der Waals surface area contributed by atoms with E-state index in [9.17, 15) is 0 Å². The van der Waals surface area contributed by atoms with Crippen molar-refractivity contribution in [3.8, 4) is 56.7 Å². The van der Waals surface area contributed by atoms with Gasteiger partial charge in [-0.1, -0.05) is 145 Å². The maximum atomic E-state index is 5.22. The number of hydrogen-bond donors (Lipinski definition) is 0. The van der Waals surface area contributed by atoms with Gasteiger partial charge in [0.2, 0.25) is 0 Å². The molecule has 1 aliphatic heterocycles. The first-order valence-corrected chi connectivity index (χ1v) is 21.7. The molecule has 60 heavy (non-hydrogen) atoms. The largest absolute Gasteiger partial charge is 0.295 e. The Morgan fingerprint density at radius 2 is 1.07 bits per heavy atom. The van der Waals surface area contributed by atoms with E-state index in [0.29, 0.717) is 17.5 Å². The highest BCUT2D eigenvalue weighted by atomic mass is 32.2. The Morgan fingerprint density at radius 3 is 1.95 bits per heavy atom. The number of thiophene rings is 1. The van der Waals surface area contributed by atoms with E-state index in [2.05, 4.69) is 179 Å². The Morgan fingerprint density at radius 1 is 0.417 bits per heavy atom. The molecule has 0 bridgehead atoms. The molecule has 1 aliphatic rings. The summed E-state index contributed by atoms with van der Waals surface area (Å²) >= 11 is 3.64. The van der Waals surface area contributed by atoms with Crippen LogP contribution in [0.15, 0.2) is 198 Å². The molecule has 13 rings (SSSR count). The van der Waals surface area contributed by atoms with E-state index in [4.69, 9.17) is 15.0 Å². The topological polar surface area (TPSA) is 48.5 Å². The monoisotopic (exact) mass is 801 g/mol. The summed E-state index contributed by atoms with van der Waals surface area (Å²) in [5.74, 6) is 1.97. The predicted molar refractivity (Wildman–Crippen MR) is 250 cm³/mol. The van der Waals surface area contributed by atoms with Gasteiger partial charge in [-0.25, -0.2) is 15.0 Å². The van der Waals surface area contributed by atoms with Crippen molar-refractivity contribution in [3.05, 3.63) is 188 Å². The van der Waals surface area contributed by atoms with Gasteiger partial charge >= 0.3 is 0 Å². The van der Waals surface area contributed by atoms with Gasteiger partial charge in [0.1, 0.15) is 5.65 Å². The molecule has 0 radical (unpaired) electrons. The Bertz CT molecular complexity index is 3690. The second-order valence-electron chi connectivity index (χ2n) is 15.2. The first-order chi connectivity index (χ1) is 29.7. The summed E-state index contributed by atoms with van der Waals surface area (Å²) in [6.07, 6.45) is 0. The van der Waals surface area contributed by atoms with Crippen molar-refractivity contribution in [1.29, 1.82) is 0 Å². The Kier molecular flexibility index (Phi) is 7.34. The first-order valence-electron chi connectivity index (χ1n) is 20.0. The molecule has 0 saturated carbocycles. The molecule has 0 spiro atoms. The number of benzene rings is 8. The molecule has 8 aromatic carbocycles. The molecule has 5 heterocycles. The molecule has 0 amide bonds. The fraction of sp³-hybridized carbons (Fsp3) is 0. The van der Waals surface area contributed by atoms with Crippen molar-refractivity contribution >= 4 is 76.1 Å². The zero-order chi connectivity index (χ0) is 39.3. The molecule has 0 saturated heterocycles. The standard InChI is InChI=1S/C53H31N5S2/c1-3-14-32(15-4-1)50-54-51(56-52(55-50)41-24-12-22-38-37-20-8-10-26-44(37)60-49(38)41)35-17-11-16-33(30-35)34-28-29-43-46(31-34)59-45-27-13-23-40-47-39-21-7-9-25-42(39)57(36-18-5-2-6-19-36)53(47)58(43)48(40)45/h1-31H. The predicted octanol–water partition coefficient (Wildman–Crippen LogP) is 14.4. The van der Waals surface area contributed by atoms with Gasteiger partial charge in [-0.2, -0.15) is 0 Å². The lowest BCUT2D eigenvalue weighted by molar-refractivity contribution is 1.03. The summed E-state index contributed by atoms with van der Waals surface area (Å²) in [4.78, 5) is 17.9. The molecule has 0 N–H and O–H groups in total. The maximum absolute atomic E-state index is 5.22. The fourth-order valence-corrected chi connectivity index (χ4v) is 11.4. The second-order valence-corrected chi connectivity index (χ2v) is 17.3. The summed E-state index contributed by atoms with van der Waals surface area (Å²) in [5.41, 5.74) is 11.1. The SMILES string of the molecule is c1ccc(-c2nc(-c3cccc(-c4ccc5c(c4)Sc4cccc6c7c8ccccc8n(-c8ccccc8)c7n-5c46)c3)nc(-c3cccc4c3sc3ccccc34)n2)cc1. The highest BCUT2D eigenvalue weighted by Crippen LogP contribution is 2.50. The average Bonchev–Trinajstić information content (AvgIpc) is 3.98. The van der Waals surface area contributed by atoms with Crippen molar-refractivity contribution in [2.24, 2.45) is 0 Å². The summed E-state index contributed by atoms with van der Waals surface area (Å²) in [6.45, 7) is 0. The second kappa shape index (κ2) is 13.1. The van der Waals surface area contributed by atoms with Crippen molar-refractivity contribution in [2.45, 2.75) is 9.79 Å². The number of para-hydroxylation sites is 3. The van der Waals surface area contributed by atoms with Crippen LogP contribution >= 0.6 is 23.1 Å². The molecular formula is C53H31N5S2. The van der Waals surface area contributed by atoms with Crippen LogP contribution in [-0.2, 0) is 0 Å². The Hall–Kier alpha value is -7.32. The lowest BCUT2D eigenvalue weighted by Gasteiger charge is -2.22. The van der Waals surface area contributed by atoms with Crippen LogP contribution < -0.4 is 0 Å². The van der Waals surface area contributed by atoms with Crippen LogP contribution in [0.5, 0.6) is 0 Å². The summed E-state index contributed by atoms with van der Waals surface area (Å²) in [5, 5.41) is 6.29. The molecule has 0 fully saturated rings. The van der Waals surface area contributed by atoms with E-state index >= 15 is 0 Å². The summed E-state index contributed by atoms with van der Waals surface area (Å²) in [6, 6.07) is 67.0. The Balaban J connectivity index is 0.967. The zero-order valence-corrected chi connectivity index (χ0v) is 33.6. The van der Waals surface area contributed by atoms with Crippen LogP contribution in [0, 0.1) is 0 Å². The smallest absolute Gasteiger partial charge is 0.165 e. The van der Waals surface area contributed by atoms with Gasteiger partial charge in [0, 0.05) is 68.5 Å². The van der Waals surface area contributed by atoms with Crippen LogP contribution in [0.4, 0.5) is 0 Å². The molecule has 7 heteroatoms. The minimum Gasteiger partial charge on any atom is -0.295 e. The third-order valence-corrected chi connectivity index (χ3v) is 14.1. The molecule has 12 aromatic rings. The highest BCUT2D eigenvalue weighted by molar-refractivity contribution is 7.99. The van der Waals surface area contributed by atoms with Crippen LogP contribution in [0.1, 0.15) is 0 Å². The van der Waals surface area contributed by atoms with E-state index < -0.39 is 0 Å². The van der Waals surface area contributed by atoms with Crippen LogP contribution in [0.3, 0.4) is 0 Å². The van der Waals surface area contributed by atoms with E-state index in [1.165, 1.54) is 68.5 Å². The number of hydrogen-bond acceptors (Lipinski definition) is 5. The minimum absolute atomic E-state index is 0.644. The zero-order valence-electron chi connectivity index (χ0n) is 32.0. The van der Waals surface area contributed by atoms with Gasteiger partial charge in [-0.05, 0) is 65.7 Å². The molecule has 5 nitrogen and oxygen atoms in total. The molecule has 4 aromatic heterocycles. The molecule has 0 unspecified atom stereocenters. The molecular weight excluding hydrogens is 771 g/mol. The highest BCUT2D eigenvalue weighted by Gasteiger charge is 2.28. The van der Waals surface area contributed by atoms with Crippen molar-refractivity contribution in [1.82, 2.24) is 24.1 Å². The lowest BCUT2D eigenvalue weighted by atomic mass is 10.0. The van der Waals surface area contributed by atoms with E-state index in [-0.39, 0.29) is 0 Å². The maximum Gasteiger partial charge on any atom is 0.165 e. The van der Waals surface area contributed by atoms with Crippen molar-refractivity contribution in [2.75, 3.05) is 0 Å². The van der Waals surface area contributed by atoms with Gasteiger partial charge in [0.15, 0.2) is 17.5 Å². The van der Waals surface area contributed by atoms with Gasteiger partial charge < -0.3 is 0 Å². The van der Waals surface area contributed by atoms with Crippen LogP contribution in [0.25, 0.3) is 110 Å². The number of fused-ring (bicyclic) bond motifs is 10. The summed E-state index contributed by atoms with van der Waals surface area (Å²) < 4.78 is 7.35. The molecule has 0 atom stereocenters. The summed E-state index contributed by atoms with van der Waals surface area (Å²) in [7, 11) is 0. The minimum atomic E-state index is 0.644. The van der Waals surface area contributed by atoms with Crippen molar-refractivity contribution < 1.29 is 0 Å². The number of rotatable bonds is 5. The molecule has 280 valence electrons. The Labute approximate surface area is 352 Å². The van der Waals surface area contributed by atoms with Gasteiger partial charge in [0.05, 0.1) is 16.7 Å². The van der Waals surface area contributed by atoms with Gasteiger partial charge in [-0.3, -0.25) is 9.13 Å². The lowest BCUT2D eigenvalue weighted by Crippen LogP contribution is -2.05. The van der Waals surface area contributed by atoms with E-state index in [1.807, 2.05) is 30.0 Å². The normalized spacial score (nSPS) is 12.3. The van der Waals surface area contributed by atoms with E-state index in [0.717, 1.165) is 33.5 Å². The van der Waals surface area contributed by atoms with Crippen LogP contribution in [-0.4, -0.2) is 24.1 Å². The van der Waals surface area contributed by atoms with Crippen molar-refractivity contribution in [3.63, 3.8) is 0 Å². The van der Waals surface area contributed by atoms with Crippen LogP contribution in [0.2, 0.25) is 0 Å². The third-order valence-electron chi connectivity index (χ3n) is 11.8. The van der Waals surface area contributed by atoms with Gasteiger partial charge in [0.25, 0.3) is 0 Å². The average molecular weight is 802 g/mol. The number of aromatic nitrogens is 5.